The van der Waals surface area contributed by atoms with Crippen LogP contribution < -0.4 is 0 Å². The zero-order valence-corrected chi connectivity index (χ0v) is 12.1. The van der Waals surface area contributed by atoms with Crippen molar-refractivity contribution in [3.8, 4) is 11.4 Å². The van der Waals surface area contributed by atoms with Crippen LogP contribution in [0.25, 0.3) is 11.4 Å². The highest BCUT2D eigenvalue weighted by Gasteiger charge is 2.16. The quantitative estimate of drug-likeness (QED) is 0.482. The Bertz CT molecular complexity index is 639. The van der Waals surface area contributed by atoms with Crippen LogP contribution >= 0.6 is 11.6 Å². The van der Waals surface area contributed by atoms with Gasteiger partial charge < -0.3 is 4.57 Å². The van der Waals surface area contributed by atoms with Gasteiger partial charge in [0.1, 0.15) is 5.82 Å². The van der Waals surface area contributed by atoms with Gasteiger partial charge in [-0.05, 0) is 25.0 Å². The number of nitro benzene ring substituents is 1. The topological polar surface area (TPSA) is 73.8 Å². The van der Waals surface area contributed by atoms with Gasteiger partial charge in [-0.3, -0.25) is 10.1 Å². The molecule has 1 heterocycles. The van der Waals surface area contributed by atoms with E-state index in [0.717, 1.165) is 18.5 Å². The molecule has 6 nitrogen and oxygen atoms in total. The number of aryl methyl sites for hydroxylation is 1. The summed E-state index contributed by atoms with van der Waals surface area (Å²) in [6, 6.07) is 4.91. The van der Waals surface area contributed by atoms with Crippen molar-refractivity contribution in [3.63, 3.8) is 0 Å². The van der Waals surface area contributed by atoms with Gasteiger partial charge in [-0.15, -0.1) is 21.8 Å². The lowest BCUT2D eigenvalue weighted by molar-refractivity contribution is -0.384. The Morgan fingerprint density at radius 1 is 1.35 bits per heavy atom. The third kappa shape index (κ3) is 2.80. The number of non-ortho nitro benzene ring substituents is 1. The molecule has 0 saturated carbocycles. The van der Waals surface area contributed by atoms with Crippen LogP contribution in [0.1, 0.15) is 24.7 Å². The lowest BCUT2D eigenvalue weighted by atomic mass is 10.1. The largest absolute Gasteiger partial charge is 0.310 e. The summed E-state index contributed by atoms with van der Waals surface area (Å²) in [5.74, 6) is 1.56. The predicted molar refractivity (Wildman–Crippen MR) is 76.7 cm³/mol. The molecule has 20 heavy (non-hydrogen) atoms. The average molecular weight is 295 g/mol. The van der Waals surface area contributed by atoms with Crippen LogP contribution in [0.2, 0.25) is 0 Å². The zero-order chi connectivity index (χ0) is 14.7. The minimum absolute atomic E-state index is 0.0541. The summed E-state index contributed by atoms with van der Waals surface area (Å²) >= 11 is 5.85. The summed E-state index contributed by atoms with van der Waals surface area (Å²) in [4.78, 5) is 10.5. The van der Waals surface area contributed by atoms with Gasteiger partial charge in [0.2, 0.25) is 0 Å². The molecule has 0 fully saturated rings. The van der Waals surface area contributed by atoms with E-state index < -0.39 is 4.92 Å². The number of nitrogens with zero attached hydrogens (tertiary/aromatic N) is 4. The summed E-state index contributed by atoms with van der Waals surface area (Å²) < 4.78 is 1.91. The first kappa shape index (κ1) is 14.5. The summed E-state index contributed by atoms with van der Waals surface area (Å²) in [5, 5.41) is 19.1. The Balaban J connectivity index is 2.56. The number of alkyl halides is 1. The molecule has 0 aliphatic carbocycles. The summed E-state index contributed by atoms with van der Waals surface area (Å²) in [7, 11) is 0. The standard InChI is InChI=1S/C13H15ClN4O2/c1-3-4-17-12(8-14)15-16-13(17)10-5-9(2)6-11(7-10)18(19)20/h5-7H,3-4,8H2,1-2H3. The van der Waals surface area contributed by atoms with Crippen molar-refractivity contribution in [2.24, 2.45) is 0 Å². The van der Waals surface area contributed by atoms with Crippen LogP contribution in [0.5, 0.6) is 0 Å². The van der Waals surface area contributed by atoms with Crippen molar-refractivity contribution in [2.45, 2.75) is 32.7 Å². The number of halogens is 1. The van der Waals surface area contributed by atoms with E-state index in [1.54, 1.807) is 0 Å². The molecule has 0 radical (unpaired) electrons. The van der Waals surface area contributed by atoms with Crippen molar-refractivity contribution in [2.75, 3.05) is 0 Å². The molecule has 106 valence electrons. The van der Waals surface area contributed by atoms with Crippen molar-refractivity contribution in [1.29, 1.82) is 0 Å². The predicted octanol–water partition coefficient (Wildman–Crippen LogP) is 3.31. The molecule has 1 aromatic heterocycles. The Morgan fingerprint density at radius 3 is 2.70 bits per heavy atom. The van der Waals surface area contributed by atoms with E-state index in [4.69, 9.17) is 11.6 Å². The van der Waals surface area contributed by atoms with Crippen LogP contribution in [0.15, 0.2) is 18.2 Å². The van der Waals surface area contributed by atoms with Gasteiger partial charge in [0.25, 0.3) is 5.69 Å². The lowest BCUT2D eigenvalue weighted by Gasteiger charge is -2.08. The summed E-state index contributed by atoms with van der Waals surface area (Å²) in [6.07, 6.45) is 0.906. The monoisotopic (exact) mass is 294 g/mol. The molecule has 7 heteroatoms. The smallest absolute Gasteiger partial charge is 0.270 e. The molecule has 0 aliphatic rings. The molecule has 0 N–H and O–H groups in total. The zero-order valence-electron chi connectivity index (χ0n) is 11.3. The molecule has 0 atom stereocenters. The molecular formula is C13H15ClN4O2. The summed E-state index contributed by atoms with van der Waals surface area (Å²) in [6.45, 7) is 4.59. The van der Waals surface area contributed by atoms with E-state index in [2.05, 4.69) is 10.2 Å². The minimum atomic E-state index is -0.403. The van der Waals surface area contributed by atoms with E-state index in [0.29, 0.717) is 17.2 Å². The van der Waals surface area contributed by atoms with Gasteiger partial charge in [-0.1, -0.05) is 6.92 Å². The first-order valence-corrected chi connectivity index (χ1v) is 6.84. The van der Waals surface area contributed by atoms with Crippen molar-refractivity contribution >= 4 is 17.3 Å². The van der Waals surface area contributed by atoms with E-state index in [1.165, 1.54) is 12.1 Å². The van der Waals surface area contributed by atoms with Crippen LogP contribution in [0.3, 0.4) is 0 Å². The maximum absolute atomic E-state index is 11.0. The molecule has 0 amide bonds. The molecule has 0 saturated heterocycles. The molecule has 0 unspecified atom stereocenters. The second-order valence-corrected chi connectivity index (χ2v) is 4.81. The third-order valence-corrected chi connectivity index (χ3v) is 3.16. The van der Waals surface area contributed by atoms with Gasteiger partial charge in [0, 0.05) is 24.2 Å². The first-order valence-electron chi connectivity index (χ1n) is 6.31. The van der Waals surface area contributed by atoms with Gasteiger partial charge in [-0.2, -0.15) is 0 Å². The normalized spacial score (nSPS) is 10.8. The van der Waals surface area contributed by atoms with E-state index in [-0.39, 0.29) is 11.6 Å². The van der Waals surface area contributed by atoms with Crippen LogP contribution in [-0.2, 0) is 12.4 Å². The first-order chi connectivity index (χ1) is 9.56. The van der Waals surface area contributed by atoms with E-state index in [9.17, 15) is 10.1 Å². The average Bonchev–Trinajstić information content (AvgIpc) is 2.81. The number of hydrogen-bond acceptors (Lipinski definition) is 4. The molecule has 0 spiro atoms. The second kappa shape index (κ2) is 6.00. The third-order valence-electron chi connectivity index (χ3n) is 2.93. The SMILES string of the molecule is CCCn1c(CCl)nnc1-c1cc(C)cc([N+](=O)[O-])c1. The fraction of sp³-hybridized carbons (Fsp3) is 0.385. The highest BCUT2D eigenvalue weighted by molar-refractivity contribution is 6.16. The molecule has 2 rings (SSSR count). The van der Waals surface area contributed by atoms with Crippen LogP contribution in [-0.4, -0.2) is 19.7 Å². The molecule has 2 aromatic rings. The highest BCUT2D eigenvalue weighted by atomic mass is 35.5. The van der Waals surface area contributed by atoms with E-state index >= 15 is 0 Å². The van der Waals surface area contributed by atoms with Crippen LogP contribution in [0, 0.1) is 17.0 Å². The van der Waals surface area contributed by atoms with Crippen molar-refractivity contribution in [3.05, 3.63) is 39.7 Å². The highest BCUT2D eigenvalue weighted by Crippen LogP contribution is 2.25. The number of rotatable bonds is 5. The Morgan fingerprint density at radius 2 is 2.10 bits per heavy atom. The fourth-order valence-electron chi connectivity index (χ4n) is 2.10. The maximum Gasteiger partial charge on any atom is 0.270 e. The van der Waals surface area contributed by atoms with Gasteiger partial charge in [0.05, 0.1) is 10.8 Å². The molecular weight excluding hydrogens is 280 g/mol. The molecule has 0 bridgehead atoms. The van der Waals surface area contributed by atoms with Crippen molar-refractivity contribution < 1.29 is 4.92 Å². The Kier molecular flexibility index (Phi) is 4.34. The molecule has 0 aliphatic heterocycles. The van der Waals surface area contributed by atoms with Gasteiger partial charge in [0.15, 0.2) is 5.82 Å². The Hall–Kier alpha value is -1.95. The van der Waals surface area contributed by atoms with Gasteiger partial charge >= 0.3 is 0 Å². The second-order valence-electron chi connectivity index (χ2n) is 4.54. The van der Waals surface area contributed by atoms with E-state index in [1.807, 2.05) is 24.5 Å². The lowest BCUT2D eigenvalue weighted by Crippen LogP contribution is -2.04. The number of nitro groups is 1. The maximum atomic E-state index is 11.0. The Labute approximate surface area is 121 Å². The summed E-state index contributed by atoms with van der Waals surface area (Å²) in [5.41, 5.74) is 1.56. The van der Waals surface area contributed by atoms with Crippen LogP contribution in [0.4, 0.5) is 5.69 Å². The number of benzene rings is 1. The minimum Gasteiger partial charge on any atom is -0.310 e. The fourth-order valence-corrected chi connectivity index (χ4v) is 2.30. The number of hydrogen-bond donors (Lipinski definition) is 0. The molecule has 1 aromatic carbocycles. The van der Waals surface area contributed by atoms with Crippen molar-refractivity contribution in [1.82, 2.24) is 14.8 Å². The van der Waals surface area contributed by atoms with Gasteiger partial charge in [-0.25, -0.2) is 0 Å². The number of aromatic nitrogens is 3.